The number of nitrogens with one attached hydrogen (secondary N) is 1. The first-order chi connectivity index (χ1) is 9.11. The van der Waals surface area contributed by atoms with Crippen LogP contribution in [0.5, 0.6) is 0 Å². The minimum absolute atomic E-state index is 0.185. The molecule has 0 aliphatic carbocycles. The number of aromatic amines is 1. The number of nitrogens with zero attached hydrogens (tertiary/aromatic N) is 3. The van der Waals surface area contributed by atoms with Crippen LogP contribution in [0.2, 0.25) is 0 Å². The van der Waals surface area contributed by atoms with E-state index in [1.165, 1.54) is 19.5 Å². The summed E-state index contributed by atoms with van der Waals surface area (Å²) in [5, 5.41) is 5.23. The Morgan fingerprint density at radius 3 is 2.89 bits per heavy atom. The number of pyridine rings is 2. The Labute approximate surface area is 106 Å². The number of aryl methyl sites for hydroxylation is 1. The predicted octanol–water partition coefficient (Wildman–Crippen LogP) is 0.596. The highest BCUT2D eigenvalue weighted by atomic mass is 16.5. The second kappa shape index (κ2) is 3.91. The van der Waals surface area contributed by atoms with Crippen LogP contribution in [-0.4, -0.2) is 32.8 Å². The lowest BCUT2D eigenvalue weighted by atomic mass is 10.2. The van der Waals surface area contributed by atoms with Gasteiger partial charge in [-0.2, -0.15) is 5.10 Å². The smallest absolute Gasteiger partial charge is 0.356 e. The summed E-state index contributed by atoms with van der Waals surface area (Å²) in [5.74, 6) is -0.525. The van der Waals surface area contributed by atoms with Crippen LogP contribution in [-0.2, 0) is 11.8 Å². The van der Waals surface area contributed by atoms with Gasteiger partial charge in [-0.15, -0.1) is 0 Å². The number of hydrogen-bond donors (Lipinski definition) is 1. The van der Waals surface area contributed by atoms with Crippen LogP contribution in [0.1, 0.15) is 10.5 Å². The Kier molecular flexibility index (Phi) is 2.34. The van der Waals surface area contributed by atoms with Gasteiger partial charge in [0.2, 0.25) is 0 Å². The van der Waals surface area contributed by atoms with Crippen molar-refractivity contribution in [2.45, 2.75) is 0 Å². The second-order valence-electron chi connectivity index (χ2n) is 4.09. The zero-order chi connectivity index (χ0) is 13.6. The van der Waals surface area contributed by atoms with E-state index in [1.54, 1.807) is 17.8 Å². The summed E-state index contributed by atoms with van der Waals surface area (Å²) >= 11 is 0. The molecule has 7 nitrogen and oxygen atoms in total. The Hall–Kier alpha value is -2.70. The first-order valence-electron chi connectivity index (χ1n) is 5.54. The summed E-state index contributed by atoms with van der Waals surface area (Å²) in [5.41, 5.74) is 1.16. The topological polar surface area (TPSA) is 89.9 Å². The molecule has 3 aromatic heterocycles. The molecule has 3 heterocycles. The Morgan fingerprint density at radius 2 is 2.16 bits per heavy atom. The molecule has 0 atom stereocenters. The van der Waals surface area contributed by atoms with E-state index < -0.39 is 5.97 Å². The zero-order valence-corrected chi connectivity index (χ0v) is 10.3. The summed E-state index contributed by atoms with van der Waals surface area (Å²) in [6.45, 7) is 0. The highest BCUT2D eigenvalue weighted by Crippen LogP contribution is 2.20. The second-order valence-corrected chi connectivity index (χ2v) is 4.09. The first-order valence-corrected chi connectivity index (χ1v) is 5.54. The van der Waals surface area contributed by atoms with Crippen LogP contribution >= 0.6 is 0 Å². The molecule has 0 aliphatic rings. The third kappa shape index (κ3) is 1.59. The van der Waals surface area contributed by atoms with Crippen molar-refractivity contribution >= 4 is 27.8 Å². The number of carbonyl (C=O) groups excluding carboxylic acids is 1. The number of ether oxygens (including phenoxy) is 1. The summed E-state index contributed by atoms with van der Waals surface area (Å²) in [6.07, 6.45) is 2.93. The molecule has 3 rings (SSSR count). The normalized spacial score (nSPS) is 11.1. The monoisotopic (exact) mass is 258 g/mol. The Bertz CT molecular complexity index is 862. The first kappa shape index (κ1) is 11.4. The highest BCUT2D eigenvalue weighted by Gasteiger charge is 2.13. The van der Waals surface area contributed by atoms with Gasteiger partial charge in [-0.05, 0) is 6.07 Å². The van der Waals surface area contributed by atoms with Crippen LogP contribution < -0.4 is 5.56 Å². The fraction of sp³-hybridized carbons (Fsp3) is 0.167. The van der Waals surface area contributed by atoms with E-state index in [9.17, 15) is 9.59 Å². The molecule has 0 spiro atoms. The standard InChI is InChI=1S/C12H10N4O3/c1-16-10-6-3-8(12(18)19-2)13-5-9(6)15-11(17)7(10)4-14-16/h3-5H,1-2H3,(H,15,17). The molecule has 0 radical (unpaired) electrons. The van der Waals surface area contributed by atoms with Crippen molar-refractivity contribution in [3.8, 4) is 0 Å². The third-order valence-electron chi connectivity index (χ3n) is 2.99. The van der Waals surface area contributed by atoms with Gasteiger partial charge in [-0.1, -0.05) is 0 Å². The molecular weight excluding hydrogens is 248 g/mol. The number of methoxy groups -OCH3 is 1. The quantitative estimate of drug-likeness (QED) is 0.645. The van der Waals surface area contributed by atoms with Crippen molar-refractivity contribution in [1.82, 2.24) is 19.7 Å². The maximum Gasteiger partial charge on any atom is 0.356 e. The van der Waals surface area contributed by atoms with Crippen LogP contribution in [0, 0.1) is 0 Å². The molecule has 19 heavy (non-hydrogen) atoms. The molecule has 0 saturated carbocycles. The van der Waals surface area contributed by atoms with Gasteiger partial charge in [0.25, 0.3) is 5.56 Å². The van der Waals surface area contributed by atoms with E-state index in [0.717, 1.165) is 0 Å². The van der Waals surface area contributed by atoms with E-state index in [-0.39, 0.29) is 11.3 Å². The van der Waals surface area contributed by atoms with Crippen molar-refractivity contribution in [2.24, 2.45) is 7.05 Å². The molecule has 7 heteroatoms. The van der Waals surface area contributed by atoms with Crippen LogP contribution in [0.15, 0.2) is 23.3 Å². The van der Waals surface area contributed by atoms with Gasteiger partial charge in [0.05, 0.1) is 35.9 Å². The maximum atomic E-state index is 11.9. The van der Waals surface area contributed by atoms with Crippen molar-refractivity contribution in [3.63, 3.8) is 0 Å². The predicted molar refractivity (Wildman–Crippen MR) is 68.0 cm³/mol. The van der Waals surface area contributed by atoms with Crippen LogP contribution in [0.4, 0.5) is 0 Å². The molecule has 96 valence electrons. The molecule has 3 aromatic rings. The van der Waals surface area contributed by atoms with E-state index >= 15 is 0 Å². The molecule has 1 N–H and O–H groups in total. The third-order valence-corrected chi connectivity index (χ3v) is 2.99. The van der Waals surface area contributed by atoms with Gasteiger partial charge in [-0.25, -0.2) is 9.78 Å². The molecule has 0 aliphatic heterocycles. The van der Waals surface area contributed by atoms with Crippen molar-refractivity contribution in [2.75, 3.05) is 7.11 Å². The Morgan fingerprint density at radius 1 is 1.37 bits per heavy atom. The van der Waals surface area contributed by atoms with Gasteiger partial charge < -0.3 is 9.72 Å². The SMILES string of the molecule is COC(=O)c1cc2c(cn1)[nH]c(=O)c1cnn(C)c12. The zero-order valence-electron chi connectivity index (χ0n) is 10.3. The highest BCUT2D eigenvalue weighted by molar-refractivity contribution is 6.04. The number of fused-ring (bicyclic) bond motifs is 3. The maximum absolute atomic E-state index is 11.9. The lowest BCUT2D eigenvalue weighted by molar-refractivity contribution is 0.0594. The van der Waals surface area contributed by atoms with E-state index in [1.807, 2.05) is 0 Å². The van der Waals surface area contributed by atoms with Gasteiger partial charge in [0.1, 0.15) is 5.69 Å². The number of H-pyrrole nitrogens is 1. The lowest BCUT2D eigenvalue weighted by Crippen LogP contribution is -2.09. The summed E-state index contributed by atoms with van der Waals surface area (Å²) < 4.78 is 6.23. The molecule has 0 amide bonds. The van der Waals surface area contributed by atoms with Gasteiger partial charge in [-0.3, -0.25) is 9.48 Å². The van der Waals surface area contributed by atoms with Gasteiger partial charge in [0.15, 0.2) is 0 Å². The van der Waals surface area contributed by atoms with E-state index in [4.69, 9.17) is 0 Å². The number of hydrogen-bond acceptors (Lipinski definition) is 5. The number of esters is 1. The fourth-order valence-corrected chi connectivity index (χ4v) is 2.08. The van der Waals surface area contributed by atoms with Crippen molar-refractivity contribution < 1.29 is 9.53 Å². The van der Waals surface area contributed by atoms with Gasteiger partial charge >= 0.3 is 5.97 Å². The fourth-order valence-electron chi connectivity index (χ4n) is 2.08. The average molecular weight is 258 g/mol. The summed E-state index contributed by atoms with van der Waals surface area (Å²) in [4.78, 5) is 30.0. The molecule has 0 bridgehead atoms. The molecule has 0 aromatic carbocycles. The molecule has 0 saturated heterocycles. The number of carbonyl (C=O) groups is 1. The summed E-state index contributed by atoms with van der Waals surface area (Å²) in [6, 6.07) is 1.58. The molecule has 0 fully saturated rings. The molecule has 0 unspecified atom stereocenters. The number of aromatic nitrogens is 4. The van der Waals surface area contributed by atoms with Crippen LogP contribution in [0.3, 0.4) is 0 Å². The minimum Gasteiger partial charge on any atom is -0.464 e. The Balaban J connectivity index is 2.47. The lowest BCUT2D eigenvalue weighted by Gasteiger charge is -2.03. The van der Waals surface area contributed by atoms with E-state index in [0.29, 0.717) is 21.8 Å². The minimum atomic E-state index is -0.525. The van der Waals surface area contributed by atoms with Crippen molar-refractivity contribution in [3.05, 3.63) is 34.5 Å². The largest absolute Gasteiger partial charge is 0.464 e. The number of rotatable bonds is 1. The van der Waals surface area contributed by atoms with Crippen molar-refractivity contribution in [1.29, 1.82) is 0 Å². The summed E-state index contributed by atoms with van der Waals surface area (Å²) in [7, 11) is 3.03. The molecular formula is C12H10N4O3. The van der Waals surface area contributed by atoms with Crippen LogP contribution in [0.25, 0.3) is 21.8 Å². The van der Waals surface area contributed by atoms with Gasteiger partial charge in [0, 0.05) is 12.4 Å². The van der Waals surface area contributed by atoms with E-state index in [2.05, 4.69) is 19.8 Å². The average Bonchev–Trinajstić information content (AvgIpc) is 2.81.